The molecule has 0 fully saturated rings. The number of methoxy groups -OCH3 is 1. The minimum absolute atomic E-state index is 0.0590. The monoisotopic (exact) mass is 518 g/mol. The molecule has 0 unspecified atom stereocenters. The van der Waals surface area contributed by atoms with Crippen LogP contribution in [0, 0.1) is 0 Å². The van der Waals surface area contributed by atoms with E-state index in [1.54, 1.807) is 63.6 Å². The summed E-state index contributed by atoms with van der Waals surface area (Å²) in [5, 5.41) is 0.459. The molecular formula is C24H23ClN2O5S2. The summed E-state index contributed by atoms with van der Waals surface area (Å²) in [6.07, 6.45) is 1.60. The van der Waals surface area contributed by atoms with Crippen molar-refractivity contribution in [1.29, 1.82) is 0 Å². The third-order valence-electron chi connectivity index (χ3n) is 5.32. The number of halogens is 1. The van der Waals surface area contributed by atoms with E-state index in [0.717, 1.165) is 4.70 Å². The first-order valence-electron chi connectivity index (χ1n) is 10.5. The molecule has 2 heterocycles. The number of aromatic nitrogens is 1. The number of thiazole rings is 1. The lowest BCUT2D eigenvalue weighted by atomic mass is 10.1. The maximum Gasteiger partial charge on any atom is 0.233 e. The predicted octanol–water partition coefficient (Wildman–Crippen LogP) is 5.51. The molecule has 0 aliphatic carbocycles. The summed E-state index contributed by atoms with van der Waals surface area (Å²) in [5.74, 6) is 0.948. The zero-order chi connectivity index (χ0) is 24.5. The van der Waals surface area contributed by atoms with Crippen molar-refractivity contribution in [2.24, 2.45) is 0 Å². The van der Waals surface area contributed by atoms with E-state index in [-0.39, 0.29) is 23.8 Å². The van der Waals surface area contributed by atoms with Gasteiger partial charge in [0, 0.05) is 0 Å². The van der Waals surface area contributed by atoms with Crippen LogP contribution in [0.4, 0.5) is 5.13 Å². The van der Waals surface area contributed by atoms with Crippen molar-refractivity contribution in [3.8, 4) is 5.75 Å². The van der Waals surface area contributed by atoms with Crippen molar-refractivity contribution in [3.05, 3.63) is 71.1 Å². The average Bonchev–Trinajstić information content (AvgIpc) is 3.48. The zero-order valence-corrected chi connectivity index (χ0v) is 21.2. The van der Waals surface area contributed by atoms with Gasteiger partial charge in [-0.1, -0.05) is 35.1 Å². The highest BCUT2D eigenvalue weighted by molar-refractivity contribution is 7.92. The lowest BCUT2D eigenvalue weighted by molar-refractivity contribution is -0.118. The highest BCUT2D eigenvalue weighted by Gasteiger charge is 2.24. The van der Waals surface area contributed by atoms with Crippen LogP contribution in [0.5, 0.6) is 5.75 Å². The van der Waals surface area contributed by atoms with Gasteiger partial charge in [0.2, 0.25) is 5.91 Å². The Labute approximate surface area is 206 Å². The molecule has 0 bridgehead atoms. The third kappa shape index (κ3) is 4.82. The van der Waals surface area contributed by atoms with Crippen molar-refractivity contribution in [2.45, 2.75) is 37.0 Å². The minimum Gasteiger partial charge on any atom is -0.494 e. The van der Waals surface area contributed by atoms with Crippen molar-refractivity contribution in [3.63, 3.8) is 0 Å². The zero-order valence-electron chi connectivity index (χ0n) is 18.8. The van der Waals surface area contributed by atoms with Crippen LogP contribution in [-0.2, 0) is 27.6 Å². The fourth-order valence-corrected chi connectivity index (χ4v) is 5.71. The van der Waals surface area contributed by atoms with Crippen molar-refractivity contribution in [1.82, 2.24) is 4.98 Å². The van der Waals surface area contributed by atoms with Crippen LogP contribution >= 0.6 is 22.9 Å². The van der Waals surface area contributed by atoms with E-state index in [1.165, 1.54) is 28.4 Å². The Morgan fingerprint density at radius 3 is 2.53 bits per heavy atom. The van der Waals surface area contributed by atoms with Crippen LogP contribution in [0.1, 0.15) is 25.2 Å². The molecule has 0 radical (unpaired) electrons. The highest BCUT2D eigenvalue weighted by Crippen LogP contribution is 2.39. The normalized spacial score (nSPS) is 11.8. The third-order valence-corrected chi connectivity index (χ3v) is 9.03. The molecule has 2 aromatic heterocycles. The number of carbonyl (C=O) groups is 1. The van der Waals surface area contributed by atoms with Crippen LogP contribution in [0.2, 0.25) is 5.02 Å². The van der Waals surface area contributed by atoms with Crippen LogP contribution in [0.3, 0.4) is 0 Å². The van der Waals surface area contributed by atoms with Crippen LogP contribution in [-0.4, -0.2) is 31.7 Å². The number of hydrogen-bond acceptors (Lipinski definition) is 7. The van der Waals surface area contributed by atoms with E-state index in [9.17, 15) is 13.2 Å². The number of sulfone groups is 1. The molecular weight excluding hydrogens is 496 g/mol. The van der Waals surface area contributed by atoms with Gasteiger partial charge in [0.1, 0.15) is 17.0 Å². The first-order chi connectivity index (χ1) is 16.2. The van der Waals surface area contributed by atoms with Crippen LogP contribution < -0.4 is 9.64 Å². The predicted molar refractivity (Wildman–Crippen MR) is 134 cm³/mol. The number of anilines is 1. The molecule has 0 spiro atoms. The quantitative estimate of drug-likeness (QED) is 0.305. The molecule has 0 N–H and O–H groups in total. The number of amides is 1. The number of carbonyl (C=O) groups excluding carboxylic acids is 1. The summed E-state index contributed by atoms with van der Waals surface area (Å²) in [5.41, 5.74) is 1.27. The second-order valence-corrected chi connectivity index (χ2v) is 11.8. The smallest absolute Gasteiger partial charge is 0.233 e. The Morgan fingerprint density at radius 2 is 1.91 bits per heavy atom. The summed E-state index contributed by atoms with van der Waals surface area (Å²) in [6.45, 7) is 3.46. The van der Waals surface area contributed by atoms with Gasteiger partial charge >= 0.3 is 0 Å². The number of hydrogen-bond donors (Lipinski definition) is 0. The van der Waals surface area contributed by atoms with Gasteiger partial charge in [-0.3, -0.25) is 9.69 Å². The first kappa shape index (κ1) is 24.3. The Balaban J connectivity index is 1.66. The summed E-state index contributed by atoms with van der Waals surface area (Å²) in [7, 11) is -1.83. The van der Waals surface area contributed by atoms with Gasteiger partial charge in [-0.25, -0.2) is 13.4 Å². The molecule has 0 aliphatic heterocycles. The molecule has 0 aliphatic rings. The van der Waals surface area contributed by atoms with Gasteiger partial charge < -0.3 is 9.15 Å². The molecule has 34 heavy (non-hydrogen) atoms. The van der Waals surface area contributed by atoms with Crippen molar-refractivity contribution < 1.29 is 22.4 Å². The second kappa shape index (κ2) is 9.77. The maximum atomic E-state index is 13.4. The molecule has 10 heteroatoms. The van der Waals surface area contributed by atoms with E-state index in [1.807, 2.05) is 0 Å². The Hall–Kier alpha value is -2.88. The van der Waals surface area contributed by atoms with Gasteiger partial charge in [-0.05, 0) is 55.8 Å². The van der Waals surface area contributed by atoms with E-state index in [2.05, 4.69) is 4.98 Å². The van der Waals surface area contributed by atoms with E-state index in [4.69, 9.17) is 20.8 Å². The van der Waals surface area contributed by atoms with Crippen LogP contribution in [0.25, 0.3) is 10.2 Å². The largest absolute Gasteiger partial charge is 0.494 e. The average molecular weight is 519 g/mol. The Kier molecular flexibility index (Phi) is 6.97. The van der Waals surface area contributed by atoms with Gasteiger partial charge in [-0.15, -0.1) is 0 Å². The number of ether oxygens (including phenoxy) is 1. The van der Waals surface area contributed by atoms with Crippen LogP contribution in [0.15, 0.2) is 64.1 Å². The molecule has 1 amide bonds. The number of fused-ring (bicyclic) bond motifs is 1. The Morgan fingerprint density at radius 1 is 1.18 bits per heavy atom. The van der Waals surface area contributed by atoms with Crippen molar-refractivity contribution in [2.75, 3.05) is 12.0 Å². The molecule has 0 saturated carbocycles. The van der Waals surface area contributed by atoms with E-state index in [0.29, 0.717) is 32.7 Å². The van der Waals surface area contributed by atoms with E-state index >= 15 is 0 Å². The standard InChI is InChI=1S/C24H23ClN2O5S2/c1-15(2)34(29,30)18-8-6-16(7-9-18)13-21(28)27(14-17-5-4-12-32-17)24-26-22-20(31-3)11-10-19(25)23(22)33-24/h4-12,15H,13-14H2,1-3H3. The molecule has 4 rings (SSSR count). The SMILES string of the molecule is COc1ccc(Cl)c2sc(N(Cc3ccco3)C(=O)Cc3ccc(S(=O)(=O)C(C)C)cc3)nc12. The maximum absolute atomic E-state index is 13.4. The molecule has 0 atom stereocenters. The number of nitrogens with zero attached hydrogens (tertiary/aromatic N) is 2. The minimum atomic E-state index is -3.38. The number of benzene rings is 2. The van der Waals surface area contributed by atoms with E-state index < -0.39 is 15.1 Å². The lowest BCUT2D eigenvalue weighted by Gasteiger charge is -2.19. The molecule has 0 saturated heterocycles. The first-order valence-corrected chi connectivity index (χ1v) is 13.2. The van der Waals surface area contributed by atoms with Gasteiger partial charge in [-0.2, -0.15) is 0 Å². The van der Waals surface area contributed by atoms with Gasteiger partial charge in [0.25, 0.3) is 0 Å². The summed E-state index contributed by atoms with van der Waals surface area (Å²) < 4.78 is 36.4. The fraction of sp³-hybridized carbons (Fsp3) is 0.250. The summed E-state index contributed by atoms with van der Waals surface area (Å²) in [4.78, 5) is 19.8. The summed E-state index contributed by atoms with van der Waals surface area (Å²) >= 11 is 7.67. The highest BCUT2D eigenvalue weighted by atomic mass is 35.5. The molecule has 178 valence electrons. The number of rotatable bonds is 8. The number of furan rings is 1. The lowest BCUT2D eigenvalue weighted by Crippen LogP contribution is -2.31. The molecule has 2 aromatic carbocycles. The van der Waals surface area contributed by atoms with Crippen molar-refractivity contribution >= 4 is 54.0 Å². The Bertz CT molecular complexity index is 1410. The molecule has 7 nitrogen and oxygen atoms in total. The topological polar surface area (TPSA) is 89.7 Å². The fourth-order valence-electron chi connectivity index (χ4n) is 3.38. The second-order valence-electron chi connectivity index (χ2n) is 7.90. The van der Waals surface area contributed by atoms with Gasteiger partial charge in [0.05, 0.1) is 46.2 Å². The van der Waals surface area contributed by atoms with Gasteiger partial charge in [0.15, 0.2) is 15.0 Å². The summed E-state index contributed by atoms with van der Waals surface area (Å²) in [6, 6.07) is 13.4. The molecule has 4 aromatic rings.